The number of nitrogens with one attached hydrogen (secondary N) is 1. The summed E-state index contributed by atoms with van der Waals surface area (Å²) in [4.78, 5) is 26.2. The molecule has 0 atom stereocenters. The van der Waals surface area contributed by atoms with Gasteiger partial charge in [-0.2, -0.15) is 4.52 Å². The fraction of sp³-hybridized carbons (Fsp3) is 0.192. The third-order valence-corrected chi connectivity index (χ3v) is 6.43. The quantitative estimate of drug-likeness (QED) is 0.421. The van der Waals surface area contributed by atoms with Crippen molar-refractivity contribution < 1.29 is 4.74 Å². The summed E-state index contributed by atoms with van der Waals surface area (Å²) < 4.78 is 6.94. The summed E-state index contributed by atoms with van der Waals surface area (Å²) in [6.45, 7) is 2.25. The van der Waals surface area contributed by atoms with Crippen LogP contribution in [0.25, 0.3) is 27.9 Å². The maximum absolute atomic E-state index is 12.5. The number of rotatable bonds is 5. The van der Waals surface area contributed by atoms with Crippen molar-refractivity contribution in [2.45, 2.75) is 25.2 Å². The predicted octanol–water partition coefficient (Wildman–Crippen LogP) is 4.50. The van der Waals surface area contributed by atoms with Gasteiger partial charge in [0.2, 0.25) is 5.95 Å². The smallest absolute Gasteiger partial charge is 0.293 e. The van der Waals surface area contributed by atoms with Crippen LogP contribution in [0.15, 0.2) is 71.7 Å². The molecule has 1 saturated carbocycles. The van der Waals surface area contributed by atoms with E-state index >= 15 is 0 Å². The van der Waals surface area contributed by atoms with Crippen molar-refractivity contribution in [1.82, 2.24) is 24.6 Å². The van der Waals surface area contributed by atoms with Gasteiger partial charge in [-0.25, -0.2) is 15.0 Å². The Bertz CT molecular complexity index is 1610. The van der Waals surface area contributed by atoms with Crippen LogP contribution in [0.4, 0.5) is 11.6 Å². The summed E-state index contributed by atoms with van der Waals surface area (Å²) in [5.74, 6) is 1.73. The highest BCUT2D eigenvalue weighted by Gasteiger charge is 2.40. The van der Waals surface area contributed by atoms with Crippen molar-refractivity contribution in [1.29, 1.82) is 0 Å². The number of nitrogens with zero attached hydrogens (tertiary/aromatic N) is 5. The fourth-order valence-electron chi connectivity index (χ4n) is 4.19. The summed E-state index contributed by atoms with van der Waals surface area (Å²) in [6.07, 6.45) is 3.71. The van der Waals surface area contributed by atoms with Gasteiger partial charge in [0.05, 0.1) is 12.6 Å². The standard InChI is InChI=1S/C26H22N6O2/c1-26(13-14-26)19-7-5-6-18-21(19)29-25(28-20-8-3-4-15-27-24(20)33)32-23(18)30-22(31-32)16-9-11-17(34-2)12-10-16/h3-12,15H,13-14H2,1-2H3,(H,27,28,29,33). The second kappa shape index (κ2) is 7.62. The van der Waals surface area contributed by atoms with E-state index in [-0.39, 0.29) is 11.0 Å². The minimum absolute atomic E-state index is 0.103. The Balaban J connectivity index is 1.61. The molecule has 0 unspecified atom stereocenters. The highest BCUT2D eigenvalue weighted by Crippen LogP contribution is 2.49. The molecule has 2 aromatic carbocycles. The van der Waals surface area contributed by atoms with E-state index in [1.165, 1.54) is 11.8 Å². The highest BCUT2D eigenvalue weighted by atomic mass is 16.5. The summed E-state index contributed by atoms with van der Waals surface area (Å²) in [5, 5.41) is 8.84. The van der Waals surface area contributed by atoms with Gasteiger partial charge in [-0.15, -0.1) is 5.10 Å². The normalized spacial score (nSPS) is 14.3. The first-order chi connectivity index (χ1) is 16.6. The molecule has 168 valence electrons. The van der Waals surface area contributed by atoms with E-state index < -0.39 is 0 Å². The van der Waals surface area contributed by atoms with Gasteiger partial charge < -0.3 is 10.1 Å². The van der Waals surface area contributed by atoms with E-state index in [9.17, 15) is 4.79 Å². The lowest BCUT2D eigenvalue weighted by Crippen LogP contribution is -2.12. The zero-order chi connectivity index (χ0) is 23.3. The molecule has 6 rings (SSSR count). The summed E-state index contributed by atoms with van der Waals surface area (Å²) in [5.41, 5.74) is 3.62. The van der Waals surface area contributed by atoms with Crippen molar-refractivity contribution in [3.8, 4) is 17.1 Å². The molecular weight excluding hydrogens is 428 g/mol. The summed E-state index contributed by atoms with van der Waals surface area (Å²) in [6, 6.07) is 18.9. The van der Waals surface area contributed by atoms with Gasteiger partial charge in [0.25, 0.3) is 5.56 Å². The SMILES string of the molecule is COc1ccc(-c2nc3c4cccc(C5(C)CC5)c4nc(Nc4ccccnc4=O)n3n2)cc1. The highest BCUT2D eigenvalue weighted by molar-refractivity contribution is 5.95. The average molecular weight is 451 g/mol. The first kappa shape index (κ1) is 20.3. The molecule has 5 aromatic rings. The minimum atomic E-state index is -0.377. The van der Waals surface area contributed by atoms with Crippen LogP contribution in [0.2, 0.25) is 0 Å². The van der Waals surface area contributed by atoms with Gasteiger partial charge in [-0.3, -0.25) is 4.79 Å². The topological polar surface area (TPSA) is 94.3 Å². The number of benzene rings is 2. The molecule has 3 heterocycles. The molecular formula is C26H22N6O2. The molecule has 0 spiro atoms. The molecule has 8 nitrogen and oxygen atoms in total. The molecule has 0 saturated heterocycles. The van der Waals surface area contributed by atoms with Crippen LogP contribution in [0.5, 0.6) is 5.75 Å². The Hall–Kier alpha value is -4.33. The summed E-state index contributed by atoms with van der Waals surface area (Å²) >= 11 is 0. The van der Waals surface area contributed by atoms with Crippen LogP contribution in [0.1, 0.15) is 25.3 Å². The van der Waals surface area contributed by atoms with E-state index in [4.69, 9.17) is 19.8 Å². The van der Waals surface area contributed by atoms with Crippen molar-refractivity contribution >= 4 is 28.2 Å². The van der Waals surface area contributed by atoms with E-state index in [1.807, 2.05) is 30.3 Å². The number of hydrogen-bond acceptors (Lipinski definition) is 7. The minimum Gasteiger partial charge on any atom is -0.497 e. The van der Waals surface area contributed by atoms with Crippen LogP contribution < -0.4 is 15.6 Å². The number of anilines is 2. The number of methoxy groups -OCH3 is 1. The predicted molar refractivity (Wildman–Crippen MR) is 131 cm³/mol. The molecule has 1 N–H and O–H groups in total. The molecule has 1 fully saturated rings. The molecule has 3 aromatic heterocycles. The maximum Gasteiger partial charge on any atom is 0.293 e. The van der Waals surface area contributed by atoms with Gasteiger partial charge in [-0.1, -0.05) is 25.1 Å². The zero-order valence-corrected chi connectivity index (χ0v) is 18.8. The maximum atomic E-state index is 12.5. The molecule has 1 aliphatic rings. The first-order valence-electron chi connectivity index (χ1n) is 11.1. The Kier molecular flexibility index (Phi) is 4.55. The molecule has 0 bridgehead atoms. The zero-order valence-electron chi connectivity index (χ0n) is 18.8. The van der Waals surface area contributed by atoms with Crippen LogP contribution in [-0.4, -0.2) is 31.7 Å². The number of para-hydroxylation sites is 1. The fourth-order valence-corrected chi connectivity index (χ4v) is 4.19. The Morgan fingerprint density at radius 3 is 2.59 bits per heavy atom. The monoisotopic (exact) mass is 450 g/mol. The first-order valence-corrected chi connectivity index (χ1v) is 11.1. The second-order valence-electron chi connectivity index (χ2n) is 8.77. The molecule has 0 aliphatic heterocycles. The molecule has 1 aliphatic carbocycles. The van der Waals surface area contributed by atoms with Gasteiger partial charge in [0.15, 0.2) is 11.5 Å². The molecule has 0 amide bonds. The van der Waals surface area contributed by atoms with E-state index in [0.29, 0.717) is 23.1 Å². The van der Waals surface area contributed by atoms with Crippen LogP contribution >= 0.6 is 0 Å². The molecule has 0 radical (unpaired) electrons. The molecule has 8 heteroatoms. The second-order valence-corrected chi connectivity index (χ2v) is 8.77. The van der Waals surface area contributed by atoms with Gasteiger partial charge >= 0.3 is 0 Å². The Labute approximate surface area is 195 Å². The summed E-state index contributed by atoms with van der Waals surface area (Å²) in [7, 11) is 1.63. The largest absolute Gasteiger partial charge is 0.497 e. The number of aromatic nitrogens is 5. The number of hydrogen-bond donors (Lipinski definition) is 1. The average Bonchev–Trinajstić information content (AvgIpc) is 3.50. The lowest BCUT2D eigenvalue weighted by molar-refractivity contribution is 0.415. The van der Waals surface area contributed by atoms with Crippen LogP contribution in [0, 0.1) is 0 Å². The Morgan fingerprint density at radius 2 is 1.82 bits per heavy atom. The van der Waals surface area contributed by atoms with Crippen LogP contribution in [0.3, 0.4) is 0 Å². The number of ether oxygens (including phenoxy) is 1. The van der Waals surface area contributed by atoms with Gasteiger partial charge in [0, 0.05) is 17.1 Å². The van der Waals surface area contributed by atoms with E-state index in [1.54, 1.807) is 29.8 Å². The van der Waals surface area contributed by atoms with Gasteiger partial charge in [-0.05, 0) is 66.3 Å². The van der Waals surface area contributed by atoms with Gasteiger partial charge in [0.1, 0.15) is 11.4 Å². The van der Waals surface area contributed by atoms with Crippen molar-refractivity contribution in [2.75, 3.05) is 12.4 Å². The third-order valence-electron chi connectivity index (χ3n) is 6.43. The lowest BCUT2D eigenvalue weighted by atomic mass is 9.96. The van der Waals surface area contributed by atoms with Crippen LogP contribution in [-0.2, 0) is 5.41 Å². The van der Waals surface area contributed by atoms with Crippen molar-refractivity contribution in [3.05, 3.63) is 82.8 Å². The van der Waals surface area contributed by atoms with Crippen molar-refractivity contribution in [3.63, 3.8) is 0 Å². The van der Waals surface area contributed by atoms with Crippen molar-refractivity contribution in [2.24, 2.45) is 0 Å². The van der Waals surface area contributed by atoms with E-state index in [0.717, 1.165) is 35.1 Å². The lowest BCUT2D eigenvalue weighted by Gasteiger charge is -2.14. The Morgan fingerprint density at radius 1 is 1.00 bits per heavy atom. The number of fused-ring (bicyclic) bond motifs is 3. The van der Waals surface area contributed by atoms with E-state index in [2.05, 4.69) is 29.4 Å². The molecule has 34 heavy (non-hydrogen) atoms. The third kappa shape index (κ3) is 3.35.